The maximum absolute atomic E-state index is 5.52. The fourth-order valence-electron chi connectivity index (χ4n) is 2.30. The molecule has 18 heavy (non-hydrogen) atoms. The van der Waals surface area contributed by atoms with E-state index in [0.29, 0.717) is 6.04 Å². The molecule has 2 rings (SSSR count). The van der Waals surface area contributed by atoms with E-state index < -0.39 is 0 Å². The molecule has 1 fully saturated rings. The van der Waals surface area contributed by atoms with E-state index in [1.807, 2.05) is 6.07 Å². The number of hydrogen-bond donors (Lipinski definition) is 1. The second kappa shape index (κ2) is 7.12. The Morgan fingerprint density at radius 1 is 1.44 bits per heavy atom. The van der Waals surface area contributed by atoms with Gasteiger partial charge in [0.15, 0.2) is 0 Å². The number of benzene rings is 1. The van der Waals surface area contributed by atoms with E-state index in [-0.39, 0.29) is 0 Å². The number of halogens is 1. The van der Waals surface area contributed by atoms with Crippen LogP contribution in [-0.4, -0.2) is 43.8 Å². The highest BCUT2D eigenvalue weighted by molar-refractivity contribution is 9.10. The summed E-state index contributed by atoms with van der Waals surface area (Å²) in [5.41, 5.74) is 1.17. The van der Waals surface area contributed by atoms with Gasteiger partial charge in [-0.3, -0.25) is 4.90 Å². The molecule has 0 spiro atoms. The minimum absolute atomic E-state index is 0.583. The van der Waals surface area contributed by atoms with Gasteiger partial charge in [-0.1, -0.05) is 19.1 Å². The second-order valence-corrected chi connectivity index (χ2v) is 5.43. The van der Waals surface area contributed by atoms with E-state index in [9.17, 15) is 0 Å². The predicted molar refractivity (Wildman–Crippen MR) is 79.1 cm³/mol. The van der Waals surface area contributed by atoms with Crippen LogP contribution in [0.1, 0.15) is 13.3 Å². The SMILES string of the molecule is CCC1COCCN1CCNc1ccccc1Br. The quantitative estimate of drug-likeness (QED) is 0.904. The minimum Gasteiger partial charge on any atom is -0.383 e. The normalized spacial score (nSPS) is 20.9. The topological polar surface area (TPSA) is 24.5 Å². The molecule has 0 aromatic heterocycles. The van der Waals surface area contributed by atoms with Gasteiger partial charge in [0.25, 0.3) is 0 Å². The lowest BCUT2D eigenvalue weighted by molar-refractivity contribution is -0.00648. The molecule has 0 radical (unpaired) electrons. The third-order valence-electron chi connectivity index (χ3n) is 3.41. The summed E-state index contributed by atoms with van der Waals surface area (Å²) in [5, 5.41) is 3.48. The zero-order valence-electron chi connectivity index (χ0n) is 10.9. The van der Waals surface area contributed by atoms with Gasteiger partial charge in [-0.25, -0.2) is 0 Å². The zero-order valence-corrected chi connectivity index (χ0v) is 12.4. The number of hydrogen-bond acceptors (Lipinski definition) is 3. The van der Waals surface area contributed by atoms with Crippen LogP contribution in [0.25, 0.3) is 0 Å². The van der Waals surface area contributed by atoms with Crippen molar-refractivity contribution in [2.45, 2.75) is 19.4 Å². The Bertz CT molecular complexity index is 373. The van der Waals surface area contributed by atoms with Gasteiger partial charge in [-0.15, -0.1) is 0 Å². The lowest BCUT2D eigenvalue weighted by Crippen LogP contribution is -2.46. The first-order valence-electron chi connectivity index (χ1n) is 6.61. The molecule has 1 aliphatic rings. The highest BCUT2D eigenvalue weighted by Gasteiger charge is 2.20. The number of rotatable bonds is 5. The Balaban J connectivity index is 1.79. The van der Waals surface area contributed by atoms with Gasteiger partial charge < -0.3 is 10.1 Å². The summed E-state index contributed by atoms with van der Waals surface area (Å²) in [6, 6.07) is 8.83. The highest BCUT2D eigenvalue weighted by atomic mass is 79.9. The summed E-state index contributed by atoms with van der Waals surface area (Å²) < 4.78 is 6.64. The van der Waals surface area contributed by atoms with Gasteiger partial charge in [0, 0.05) is 35.8 Å². The molecule has 1 unspecified atom stereocenters. The van der Waals surface area contributed by atoms with Gasteiger partial charge in [0.05, 0.1) is 13.2 Å². The molecule has 1 aromatic carbocycles. The summed E-state index contributed by atoms with van der Waals surface area (Å²) in [4.78, 5) is 2.52. The molecule has 0 amide bonds. The largest absolute Gasteiger partial charge is 0.383 e. The third kappa shape index (κ3) is 3.70. The van der Waals surface area contributed by atoms with E-state index in [1.54, 1.807) is 0 Å². The maximum Gasteiger partial charge on any atom is 0.0622 e. The van der Waals surface area contributed by atoms with Crippen molar-refractivity contribution in [3.63, 3.8) is 0 Å². The molecule has 1 saturated heterocycles. The molecule has 3 nitrogen and oxygen atoms in total. The van der Waals surface area contributed by atoms with Crippen LogP contribution in [0.4, 0.5) is 5.69 Å². The molecule has 0 saturated carbocycles. The fraction of sp³-hybridized carbons (Fsp3) is 0.571. The molecule has 1 N–H and O–H groups in total. The number of anilines is 1. The zero-order chi connectivity index (χ0) is 12.8. The molecular weight excluding hydrogens is 292 g/mol. The first kappa shape index (κ1) is 13.8. The standard InChI is InChI=1S/C14H21BrN2O/c1-2-12-11-18-10-9-17(12)8-7-16-14-6-4-3-5-13(14)15/h3-6,12,16H,2,7-11H2,1H3. The summed E-state index contributed by atoms with van der Waals surface area (Å²) >= 11 is 3.55. The van der Waals surface area contributed by atoms with Crippen molar-refractivity contribution < 1.29 is 4.74 Å². The van der Waals surface area contributed by atoms with Crippen LogP contribution in [-0.2, 0) is 4.74 Å². The van der Waals surface area contributed by atoms with E-state index in [1.165, 1.54) is 5.69 Å². The van der Waals surface area contributed by atoms with Crippen LogP contribution in [0.2, 0.25) is 0 Å². The van der Waals surface area contributed by atoms with Crippen molar-refractivity contribution in [3.8, 4) is 0 Å². The number of para-hydroxylation sites is 1. The Morgan fingerprint density at radius 2 is 2.28 bits per heavy atom. The lowest BCUT2D eigenvalue weighted by atomic mass is 10.2. The van der Waals surface area contributed by atoms with Crippen LogP contribution >= 0.6 is 15.9 Å². The van der Waals surface area contributed by atoms with Gasteiger partial charge in [0.1, 0.15) is 0 Å². The summed E-state index contributed by atoms with van der Waals surface area (Å²) in [6.45, 7) is 7.07. The molecule has 4 heteroatoms. The molecule has 0 bridgehead atoms. The molecule has 100 valence electrons. The van der Waals surface area contributed by atoms with E-state index in [0.717, 1.165) is 43.7 Å². The molecule has 1 aromatic rings. The average molecular weight is 313 g/mol. The van der Waals surface area contributed by atoms with Gasteiger partial charge in [-0.2, -0.15) is 0 Å². The highest BCUT2D eigenvalue weighted by Crippen LogP contribution is 2.21. The lowest BCUT2D eigenvalue weighted by Gasteiger charge is -2.35. The summed E-state index contributed by atoms with van der Waals surface area (Å²) in [6.07, 6.45) is 1.16. The van der Waals surface area contributed by atoms with E-state index in [4.69, 9.17) is 4.74 Å². The number of ether oxygens (including phenoxy) is 1. The summed E-state index contributed by atoms with van der Waals surface area (Å²) in [5.74, 6) is 0. The Labute approximate surface area is 118 Å². The second-order valence-electron chi connectivity index (χ2n) is 4.58. The maximum atomic E-state index is 5.52. The van der Waals surface area contributed by atoms with Crippen molar-refractivity contribution in [3.05, 3.63) is 28.7 Å². The third-order valence-corrected chi connectivity index (χ3v) is 4.10. The molecule has 0 aliphatic carbocycles. The van der Waals surface area contributed by atoms with Crippen LogP contribution in [0.3, 0.4) is 0 Å². The van der Waals surface area contributed by atoms with Crippen molar-refractivity contribution in [1.82, 2.24) is 4.90 Å². The predicted octanol–water partition coefficient (Wildman–Crippen LogP) is 2.97. The van der Waals surface area contributed by atoms with Crippen molar-refractivity contribution >= 4 is 21.6 Å². The monoisotopic (exact) mass is 312 g/mol. The van der Waals surface area contributed by atoms with Gasteiger partial charge >= 0.3 is 0 Å². The molecule has 1 aliphatic heterocycles. The first-order chi connectivity index (χ1) is 8.81. The van der Waals surface area contributed by atoms with E-state index >= 15 is 0 Å². The molecule has 1 heterocycles. The average Bonchev–Trinajstić information content (AvgIpc) is 2.41. The summed E-state index contributed by atoms with van der Waals surface area (Å²) in [7, 11) is 0. The van der Waals surface area contributed by atoms with Gasteiger partial charge in [-0.05, 0) is 34.5 Å². The number of nitrogens with one attached hydrogen (secondary N) is 1. The van der Waals surface area contributed by atoms with Crippen molar-refractivity contribution in [2.24, 2.45) is 0 Å². The molecular formula is C14H21BrN2O. The van der Waals surface area contributed by atoms with Crippen LogP contribution in [0, 0.1) is 0 Å². The van der Waals surface area contributed by atoms with Crippen molar-refractivity contribution in [2.75, 3.05) is 38.2 Å². The van der Waals surface area contributed by atoms with E-state index in [2.05, 4.69) is 51.3 Å². The van der Waals surface area contributed by atoms with Crippen LogP contribution in [0.15, 0.2) is 28.7 Å². The molecule has 1 atom stereocenters. The Hall–Kier alpha value is -0.580. The van der Waals surface area contributed by atoms with Crippen LogP contribution < -0.4 is 5.32 Å². The number of morpholine rings is 1. The Morgan fingerprint density at radius 3 is 3.06 bits per heavy atom. The fourth-order valence-corrected chi connectivity index (χ4v) is 2.72. The first-order valence-corrected chi connectivity index (χ1v) is 7.40. The van der Waals surface area contributed by atoms with Crippen LogP contribution in [0.5, 0.6) is 0 Å². The Kier molecular flexibility index (Phi) is 5.47. The van der Waals surface area contributed by atoms with Gasteiger partial charge in [0.2, 0.25) is 0 Å². The minimum atomic E-state index is 0.583. The van der Waals surface area contributed by atoms with Crippen molar-refractivity contribution in [1.29, 1.82) is 0 Å². The number of nitrogens with zero attached hydrogens (tertiary/aromatic N) is 1. The smallest absolute Gasteiger partial charge is 0.0622 e.